The Labute approximate surface area is 124 Å². The van der Waals surface area contributed by atoms with E-state index in [0.29, 0.717) is 5.56 Å². The zero-order chi connectivity index (χ0) is 14.4. The molecule has 2 aromatic heterocycles. The van der Waals surface area contributed by atoms with Gasteiger partial charge in [-0.25, -0.2) is 0 Å². The number of benzene rings is 1. The Morgan fingerprint density at radius 1 is 1.38 bits per heavy atom. The number of hydrogen-bond donors (Lipinski definition) is 2. The van der Waals surface area contributed by atoms with Crippen LogP contribution < -0.4 is 15.5 Å². The molecule has 3 N–H and O–H groups in total. The number of carbonyl (C=O) groups is 1. The zero-order valence-electron chi connectivity index (χ0n) is 11.2. The Balaban J connectivity index is 1.87. The van der Waals surface area contributed by atoms with E-state index in [-0.39, 0.29) is 5.92 Å². The molecule has 1 aliphatic rings. The minimum atomic E-state index is -0.414. The van der Waals surface area contributed by atoms with E-state index in [0.717, 1.165) is 23.0 Å². The minimum Gasteiger partial charge on any atom is -0.366 e. The first-order valence-corrected chi connectivity index (χ1v) is 7.64. The normalized spacial score (nSPS) is 17.0. The van der Waals surface area contributed by atoms with E-state index < -0.39 is 5.91 Å². The van der Waals surface area contributed by atoms with E-state index in [1.807, 2.05) is 12.1 Å². The average Bonchev–Trinajstić information content (AvgIpc) is 3.12. The molecule has 0 aliphatic heterocycles. The second kappa shape index (κ2) is 4.56. The lowest BCUT2D eigenvalue weighted by Crippen LogP contribution is -2.23. The summed E-state index contributed by atoms with van der Waals surface area (Å²) in [5.74, 6) is -0.163. The van der Waals surface area contributed by atoms with Gasteiger partial charge in [0.15, 0.2) is 0 Å². The number of nitrogens with two attached hydrogens (primary N) is 1. The van der Waals surface area contributed by atoms with Crippen molar-refractivity contribution in [1.82, 2.24) is 10.2 Å². The van der Waals surface area contributed by atoms with Gasteiger partial charge in [0, 0.05) is 21.4 Å². The quantitative estimate of drug-likeness (QED) is 0.751. The third kappa shape index (κ3) is 1.97. The highest BCUT2D eigenvalue weighted by atomic mass is 32.1. The molecular formula is C16H13N3OS. The Hall–Kier alpha value is -2.40. The van der Waals surface area contributed by atoms with E-state index in [1.165, 1.54) is 9.75 Å². The number of hydrogen-bond acceptors (Lipinski definition) is 3. The number of H-pyrrole nitrogens is 1. The average molecular weight is 295 g/mol. The molecular weight excluding hydrogens is 282 g/mol. The molecule has 0 radical (unpaired) electrons. The number of carbonyl (C=O) groups excluding carboxylic acids is 1. The Morgan fingerprint density at radius 3 is 3.14 bits per heavy atom. The molecule has 0 saturated heterocycles. The van der Waals surface area contributed by atoms with Crippen LogP contribution in [0.1, 0.15) is 28.4 Å². The van der Waals surface area contributed by atoms with Gasteiger partial charge < -0.3 is 5.73 Å². The monoisotopic (exact) mass is 295 g/mol. The summed E-state index contributed by atoms with van der Waals surface area (Å²) in [6, 6.07) is 7.50. The van der Waals surface area contributed by atoms with Gasteiger partial charge in [-0.1, -0.05) is 12.2 Å². The summed E-state index contributed by atoms with van der Waals surface area (Å²) >= 11 is 1.76. The molecule has 2 heterocycles. The van der Waals surface area contributed by atoms with Gasteiger partial charge in [-0.2, -0.15) is 5.10 Å². The maximum atomic E-state index is 11.4. The standard InChI is InChI=1S/C16H13N3OS/c17-16(20)11-1-3-13-12(8-11)15(19-18-13)10-2-4-14-9(7-10)5-6-21-14/h1,3-8,10H,2H2,(H2,17,20)(H,18,19). The number of nitrogens with zero attached hydrogens (tertiary/aromatic N) is 1. The molecule has 5 heteroatoms. The molecule has 1 amide bonds. The fourth-order valence-corrected chi connectivity index (χ4v) is 3.65. The van der Waals surface area contributed by atoms with Gasteiger partial charge in [0.2, 0.25) is 5.91 Å². The Morgan fingerprint density at radius 2 is 2.29 bits per heavy atom. The number of aromatic amines is 1. The van der Waals surface area contributed by atoms with Gasteiger partial charge in [0.05, 0.1) is 11.2 Å². The smallest absolute Gasteiger partial charge is 0.248 e. The number of primary amides is 1. The largest absolute Gasteiger partial charge is 0.366 e. The maximum Gasteiger partial charge on any atom is 0.248 e. The molecule has 1 aliphatic carbocycles. The van der Waals surface area contributed by atoms with E-state index >= 15 is 0 Å². The summed E-state index contributed by atoms with van der Waals surface area (Å²) in [6.07, 6.45) is 5.45. The van der Waals surface area contributed by atoms with Crippen molar-refractivity contribution >= 4 is 40.3 Å². The number of fused-ring (bicyclic) bond motifs is 2. The number of amides is 1. The first-order valence-electron chi connectivity index (χ1n) is 6.76. The highest BCUT2D eigenvalue weighted by Crippen LogP contribution is 2.29. The van der Waals surface area contributed by atoms with Crippen LogP contribution in [0.3, 0.4) is 0 Å². The number of thiophene rings is 1. The molecule has 0 saturated carbocycles. The fraction of sp³-hybridized carbons (Fsp3) is 0.125. The van der Waals surface area contributed by atoms with Crippen LogP contribution in [0.15, 0.2) is 29.6 Å². The summed E-state index contributed by atoms with van der Waals surface area (Å²) in [7, 11) is 0. The van der Waals surface area contributed by atoms with Crippen LogP contribution in [0.5, 0.6) is 0 Å². The lowest BCUT2D eigenvalue weighted by atomic mass is 9.94. The Bertz CT molecular complexity index is 967. The summed E-state index contributed by atoms with van der Waals surface area (Å²) in [6.45, 7) is 0. The van der Waals surface area contributed by atoms with Crippen LogP contribution in [0, 0.1) is 0 Å². The topological polar surface area (TPSA) is 71.8 Å². The van der Waals surface area contributed by atoms with Crippen molar-refractivity contribution in [1.29, 1.82) is 0 Å². The van der Waals surface area contributed by atoms with Crippen molar-refractivity contribution < 1.29 is 4.79 Å². The first kappa shape index (κ1) is 12.3. The van der Waals surface area contributed by atoms with Gasteiger partial charge in [-0.3, -0.25) is 9.89 Å². The number of aromatic nitrogens is 2. The van der Waals surface area contributed by atoms with Crippen molar-refractivity contribution in [3.05, 3.63) is 50.7 Å². The summed E-state index contributed by atoms with van der Waals surface area (Å²) < 4.78 is 1.33. The lowest BCUT2D eigenvalue weighted by molar-refractivity contribution is 0.100. The van der Waals surface area contributed by atoms with Crippen molar-refractivity contribution in [2.75, 3.05) is 0 Å². The van der Waals surface area contributed by atoms with E-state index in [1.54, 1.807) is 17.4 Å². The van der Waals surface area contributed by atoms with Crippen LogP contribution >= 0.6 is 11.3 Å². The minimum absolute atomic E-state index is 0.250. The number of nitrogens with one attached hydrogen (secondary N) is 1. The third-order valence-electron chi connectivity index (χ3n) is 3.90. The van der Waals surface area contributed by atoms with Gasteiger partial charge in [-0.15, -0.1) is 11.3 Å². The molecule has 4 rings (SSSR count). The van der Waals surface area contributed by atoms with Gasteiger partial charge in [0.25, 0.3) is 0 Å². The predicted molar refractivity (Wildman–Crippen MR) is 84.5 cm³/mol. The molecule has 0 bridgehead atoms. The SMILES string of the molecule is NC(=O)c1ccc2n[nH]c(C3C=c4ccsc4=CC3)c2c1. The van der Waals surface area contributed by atoms with Crippen LogP contribution in [0.2, 0.25) is 0 Å². The molecule has 1 unspecified atom stereocenters. The van der Waals surface area contributed by atoms with Crippen LogP contribution in [0.25, 0.3) is 23.1 Å². The summed E-state index contributed by atoms with van der Waals surface area (Å²) in [4.78, 5) is 11.4. The maximum absolute atomic E-state index is 11.4. The van der Waals surface area contributed by atoms with E-state index in [2.05, 4.69) is 33.8 Å². The summed E-state index contributed by atoms with van der Waals surface area (Å²) in [5, 5.41) is 11.8. The highest BCUT2D eigenvalue weighted by Gasteiger charge is 2.17. The molecule has 0 fully saturated rings. The third-order valence-corrected chi connectivity index (χ3v) is 4.83. The Kier molecular flexibility index (Phi) is 2.68. The van der Waals surface area contributed by atoms with Gasteiger partial charge in [-0.05, 0) is 41.3 Å². The van der Waals surface area contributed by atoms with Gasteiger partial charge >= 0.3 is 0 Å². The van der Waals surface area contributed by atoms with Crippen molar-refractivity contribution in [2.24, 2.45) is 5.73 Å². The van der Waals surface area contributed by atoms with E-state index in [9.17, 15) is 4.79 Å². The molecule has 104 valence electrons. The van der Waals surface area contributed by atoms with Crippen molar-refractivity contribution in [3.8, 4) is 0 Å². The van der Waals surface area contributed by atoms with Gasteiger partial charge in [0.1, 0.15) is 0 Å². The fourth-order valence-electron chi connectivity index (χ4n) is 2.82. The zero-order valence-corrected chi connectivity index (χ0v) is 12.0. The number of rotatable bonds is 2. The van der Waals surface area contributed by atoms with Crippen molar-refractivity contribution in [2.45, 2.75) is 12.3 Å². The molecule has 1 atom stereocenters. The lowest BCUT2D eigenvalue weighted by Gasteiger charge is -2.11. The molecule has 21 heavy (non-hydrogen) atoms. The summed E-state index contributed by atoms with van der Waals surface area (Å²) in [5.41, 5.74) is 7.79. The first-order chi connectivity index (χ1) is 10.2. The van der Waals surface area contributed by atoms with E-state index in [4.69, 9.17) is 5.73 Å². The molecule has 3 aromatic rings. The molecule has 0 spiro atoms. The van der Waals surface area contributed by atoms with Crippen molar-refractivity contribution in [3.63, 3.8) is 0 Å². The second-order valence-corrected chi connectivity index (χ2v) is 6.13. The molecule has 4 nitrogen and oxygen atoms in total. The van der Waals surface area contributed by atoms with Crippen LogP contribution in [-0.2, 0) is 0 Å². The van der Waals surface area contributed by atoms with Crippen LogP contribution in [0.4, 0.5) is 0 Å². The van der Waals surface area contributed by atoms with Crippen LogP contribution in [-0.4, -0.2) is 16.1 Å². The highest BCUT2D eigenvalue weighted by molar-refractivity contribution is 7.07. The predicted octanol–water partition coefficient (Wildman–Crippen LogP) is 1.47. The second-order valence-electron chi connectivity index (χ2n) is 5.19. The molecule has 1 aromatic carbocycles.